The van der Waals surface area contributed by atoms with Gasteiger partial charge in [0, 0.05) is 12.8 Å². The van der Waals surface area contributed by atoms with Gasteiger partial charge in [-0.15, -0.1) is 0 Å². The molecule has 9 nitrogen and oxygen atoms in total. The van der Waals surface area contributed by atoms with Gasteiger partial charge in [-0.2, -0.15) is 0 Å². The smallest absolute Gasteiger partial charge is 0.408 e. The van der Waals surface area contributed by atoms with E-state index in [0.717, 1.165) is 11.1 Å². The van der Waals surface area contributed by atoms with E-state index in [9.17, 15) is 19.5 Å². The molecule has 2 aromatic carbocycles. The van der Waals surface area contributed by atoms with Crippen molar-refractivity contribution in [1.29, 1.82) is 0 Å². The highest BCUT2D eigenvalue weighted by atomic mass is 79.9. The van der Waals surface area contributed by atoms with Crippen molar-refractivity contribution in [3.05, 3.63) is 82.5 Å². The number of ether oxygens (including phenoxy) is 1. The highest BCUT2D eigenvalue weighted by Crippen LogP contribution is 2.16. The maximum atomic E-state index is 13.0. The van der Waals surface area contributed by atoms with E-state index < -0.39 is 36.2 Å². The van der Waals surface area contributed by atoms with E-state index in [2.05, 4.69) is 32.0 Å². The van der Waals surface area contributed by atoms with Gasteiger partial charge in [-0.1, -0.05) is 60.7 Å². The summed E-state index contributed by atoms with van der Waals surface area (Å²) in [5.41, 5.74) is 4.17. The molecule has 1 unspecified atom stereocenters. The molecule has 1 aliphatic rings. The Morgan fingerprint density at radius 2 is 1.64 bits per heavy atom. The molecule has 1 aliphatic heterocycles. The minimum absolute atomic E-state index is 0.000314. The predicted octanol–water partition coefficient (Wildman–Crippen LogP) is 2.62. The average Bonchev–Trinajstić information content (AvgIpc) is 3.22. The Bertz CT molecular complexity index is 986. The molecule has 3 rings (SSSR count). The van der Waals surface area contributed by atoms with E-state index in [1.165, 1.54) is 0 Å². The molecule has 0 saturated carbocycles. The molecule has 174 valence electrons. The van der Waals surface area contributed by atoms with Gasteiger partial charge in [0.25, 0.3) is 0 Å². The van der Waals surface area contributed by atoms with Crippen molar-refractivity contribution in [1.82, 2.24) is 16.1 Å². The number of nitrogens with one attached hydrogen (secondary N) is 3. The van der Waals surface area contributed by atoms with Crippen molar-refractivity contribution < 1.29 is 29.1 Å². The molecular formula is C23H24BrN3O6. The van der Waals surface area contributed by atoms with E-state index >= 15 is 0 Å². The van der Waals surface area contributed by atoms with Gasteiger partial charge >= 0.3 is 12.1 Å². The zero-order valence-electron chi connectivity index (χ0n) is 17.6. The number of aliphatic carboxylic acids is 1. The predicted molar refractivity (Wildman–Crippen MR) is 123 cm³/mol. The number of carbonyl (C=O) groups is 3. The molecule has 3 atom stereocenters. The van der Waals surface area contributed by atoms with Gasteiger partial charge in [0.05, 0.1) is 0 Å². The van der Waals surface area contributed by atoms with Crippen molar-refractivity contribution in [2.75, 3.05) is 0 Å². The highest BCUT2D eigenvalue weighted by molar-refractivity contribution is 9.11. The van der Waals surface area contributed by atoms with Crippen LogP contribution in [0.1, 0.15) is 17.5 Å². The zero-order chi connectivity index (χ0) is 23.6. The fourth-order valence-electron chi connectivity index (χ4n) is 3.17. The Kier molecular flexibility index (Phi) is 8.85. The summed E-state index contributed by atoms with van der Waals surface area (Å²) in [6.07, 6.45) is 0.489. The van der Waals surface area contributed by atoms with Gasteiger partial charge in [-0.3, -0.25) is 15.1 Å². The van der Waals surface area contributed by atoms with Crippen LogP contribution in [0.5, 0.6) is 0 Å². The van der Waals surface area contributed by atoms with Gasteiger partial charge in [0.15, 0.2) is 0 Å². The van der Waals surface area contributed by atoms with E-state index in [1.54, 1.807) is 6.08 Å². The van der Waals surface area contributed by atoms with Crippen LogP contribution in [0.2, 0.25) is 0 Å². The average molecular weight is 518 g/mol. The van der Waals surface area contributed by atoms with Gasteiger partial charge in [-0.25, -0.2) is 9.59 Å². The first kappa shape index (κ1) is 24.3. The number of rotatable bonds is 10. The van der Waals surface area contributed by atoms with E-state index in [0.29, 0.717) is 4.61 Å². The SMILES string of the molecule is O=C(N[C@@H](Cc1ccccc1)C(=O)N[C@@H](CC1C=C(Br)NO1)C(=O)O)OCc1ccccc1. The van der Waals surface area contributed by atoms with Crippen LogP contribution in [-0.2, 0) is 32.2 Å². The number of hydrogen-bond donors (Lipinski definition) is 4. The summed E-state index contributed by atoms with van der Waals surface area (Å²) >= 11 is 3.20. The third kappa shape index (κ3) is 7.92. The summed E-state index contributed by atoms with van der Waals surface area (Å²) in [5.74, 6) is -1.86. The van der Waals surface area contributed by atoms with Crippen LogP contribution in [0.3, 0.4) is 0 Å². The van der Waals surface area contributed by atoms with Crippen LogP contribution in [-0.4, -0.2) is 41.3 Å². The molecule has 0 saturated heterocycles. The van der Waals surface area contributed by atoms with Crippen LogP contribution >= 0.6 is 15.9 Å². The van der Waals surface area contributed by atoms with Crippen molar-refractivity contribution in [3.63, 3.8) is 0 Å². The van der Waals surface area contributed by atoms with Gasteiger partial charge in [-0.05, 0) is 33.1 Å². The number of benzene rings is 2. The fourth-order valence-corrected chi connectivity index (χ4v) is 3.56. The molecule has 4 N–H and O–H groups in total. The topological polar surface area (TPSA) is 126 Å². The van der Waals surface area contributed by atoms with Gasteiger partial charge in [0.1, 0.15) is 29.4 Å². The van der Waals surface area contributed by atoms with Crippen LogP contribution in [0.15, 0.2) is 71.3 Å². The summed E-state index contributed by atoms with van der Waals surface area (Å²) in [6, 6.07) is 15.9. The molecule has 0 radical (unpaired) electrons. The molecule has 33 heavy (non-hydrogen) atoms. The Morgan fingerprint density at radius 3 is 2.21 bits per heavy atom. The lowest BCUT2D eigenvalue weighted by atomic mass is 10.0. The van der Waals surface area contributed by atoms with E-state index in [-0.39, 0.29) is 19.4 Å². The summed E-state index contributed by atoms with van der Waals surface area (Å²) in [4.78, 5) is 42.3. The minimum atomic E-state index is -1.22. The summed E-state index contributed by atoms with van der Waals surface area (Å²) < 4.78 is 5.81. The zero-order valence-corrected chi connectivity index (χ0v) is 19.2. The normalized spacial score (nSPS) is 16.6. The molecule has 2 aromatic rings. The number of hydroxylamine groups is 1. The van der Waals surface area contributed by atoms with Crippen LogP contribution in [0.4, 0.5) is 4.79 Å². The van der Waals surface area contributed by atoms with E-state index in [4.69, 9.17) is 9.57 Å². The summed E-state index contributed by atoms with van der Waals surface area (Å²) in [6.45, 7) is 0.0390. The maximum absolute atomic E-state index is 13.0. The Balaban J connectivity index is 1.65. The molecule has 2 amide bonds. The van der Waals surface area contributed by atoms with Crippen molar-refractivity contribution in [2.45, 2.75) is 37.6 Å². The number of carboxylic acid groups (broad SMARTS) is 1. The van der Waals surface area contributed by atoms with Crippen molar-refractivity contribution in [3.8, 4) is 0 Å². The second kappa shape index (κ2) is 12.0. The molecule has 0 fully saturated rings. The second-order valence-electron chi connectivity index (χ2n) is 7.36. The lowest BCUT2D eigenvalue weighted by Crippen LogP contribution is -2.53. The Labute approximate surface area is 199 Å². The first-order valence-corrected chi connectivity index (χ1v) is 11.0. The maximum Gasteiger partial charge on any atom is 0.408 e. The summed E-state index contributed by atoms with van der Waals surface area (Å²) in [5, 5.41) is 14.6. The third-order valence-electron chi connectivity index (χ3n) is 4.83. The number of amides is 2. The number of carbonyl (C=O) groups excluding carboxylic acids is 2. The second-order valence-corrected chi connectivity index (χ2v) is 8.21. The number of carboxylic acids is 1. The monoisotopic (exact) mass is 517 g/mol. The fraction of sp³-hybridized carbons (Fsp3) is 0.261. The lowest BCUT2D eigenvalue weighted by Gasteiger charge is -2.22. The number of hydrogen-bond acceptors (Lipinski definition) is 6. The molecular weight excluding hydrogens is 494 g/mol. The van der Waals surface area contributed by atoms with Gasteiger partial charge in [0.2, 0.25) is 5.91 Å². The Morgan fingerprint density at radius 1 is 1.00 bits per heavy atom. The van der Waals surface area contributed by atoms with E-state index in [1.807, 2.05) is 60.7 Å². The standard InChI is InChI=1S/C23H24BrN3O6/c24-20-13-17(33-27-20)12-19(22(29)30)25-21(28)18(11-15-7-3-1-4-8-15)26-23(31)32-14-16-9-5-2-6-10-16/h1-10,13,17-19,27H,11-12,14H2,(H,25,28)(H,26,31)(H,29,30)/t17?,18-,19-/m0/s1. The molecule has 10 heteroatoms. The largest absolute Gasteiger partial charge is 0.480 e. The first-order valence-electron chi connectivity index (χ1n) is 10.2. The Hall–Kier alpha value is -3.37. The lowest BCUT2D eigenvalue weighted by molar-refractivity contribution is -0.143. The molecule has 1 heterocycles. The number of halogens is 1. The quantitative estimate of drug-likeness (QED) is 0.357. The molecule has 0 spiro atoms. The molecule has 0 aliphatic carbocycles. The third-order valence-corrected chi connectivity index (χ3v) is 5.25. The van der Waals surface area contributed by atoms with Crippen molar-refractivity contribution in [2.24, 2.45) is 0 Å². The van der Waals surface area contributed by atoms with Crippen LogP contribution < -0.4 is 16.1 Å². The minimum Gasteiger partial charge on any atom is -0.480 e. The van der Waals surface area contributed by atoms with Crippen LogP contribution in [0, 0.1) is 0 Å². The highest BCUT2D eigenvalue weighted by Gasteiger charge is 2.30. The molecule has 0 aromatic heterocycles. The first-order chi connectivity index (χ1) is 15.9. The molecule has 0 bridgehead atoms. The van der Waals surface area contributed by atoms with Crippen molar-refractivity contribution >= 4 is 33.9 Å². The summed E-state index contributed by atoms with van der Waals surface area (Å²) in [7, 11) is 0. The van der Waals surface area contributed by atoms with Gasteiger partial charge < -0.3 is 20.5 Å². The number of alkyl carbamates (subject to hydrolysis) is 1. The van der Waals surface area contributed by atoms with Crippen LogP contribution in [0.25, 0.3) is 0 Å².